The average molecular weight is 293 g/mol. The Labute approximate surface area is 131 Å². The van der Waals surface area contributed by atoms with E-state index in [1.807, 2.05) is 0 Å². The number of hydrogen-bond acceptors (Lipinski definition) is 3. The first-order valence-corrected chi connectivity index (χ1v) is 9.24. The lowest BCUT2D eigenvalue weighted by Gasteiger charge is -2.41. The maximum Gasteiger partial charge on any atom is 0.0332 e. The molecule has 2 saturated heterocycles. The zero-order valence-corrected chi connectivity index (χ0v) is 14.2. The van der Waals surface area contributed by atoms with Crippen LogP contribution in [0, 0.1) is 5.41 Å². The molecule has 122 valence electrons. The second-order valence-corrected chi connectivity index (χ2v) is 8.58. The first-order chi connectivity index (χ1) is 10.0. The zero-order chi connectivity index (χ0) is 14.9. The third-order valence-corrected chi connectivity index (χ3v) is 6.63. The number of likely N-dealkylation sites (tertiary alicyclic amines) is 2. The van der Waals surface area contributed by atoms with Crippen molar-refractivity contribution in [1.82, 2.24) is 9.80 Å². The van der Waals surface area contributed by atoms with Gasteiger partial charge in [0.15, 0.2) is 0 Å². The second-order valence-electron chi connectivity index (χ2n) is 8.58. The van der Waals surface area contributed by atoms with Gasteiger partial charge in [0.25, 0.3) is 0 Å². The fraction of sp³-hybridized carbons (Fsp3) is 1.00. The highest BCUT2D eigenvalue weighted by Gasteiger charge is 2.43. The van der Waals surface area contributed by atoms with Gasteiger partial charge in [0.2, 0.25) is 0 Å². The molecule has 3 rings (SSSR count). The molecule has 0 aromatic carbocycles. The number of hydrogen-bond donors (Lipinski definition) is 1. The van der Waals surface area contributed by atoms with Crippen molar-refractivity contribution in [2.75, 3.05) is 32.7 Å². The lowest BCUT2D eigenvalue weighted by molar-refractivity contribution is 0.0913. The Morgan fingerprint density at radius 1 is 0.952 bits per heavy atom. The van der Waals surface area contributed by atoms with Crippen LogP contribution in [-0.4, -0.2) is 54.1 Å². The summed E-state index contributed by atoms with van der Waals surface area (Å²) in [4.78, 5) is 5.53. The molecule has 0 bridgehead atoms. The number of nitrogens with two attached hydrogens (primary N) is 1. The summed E-state index contributed by atoms with van der Waals surface area (Å²) in [5, 5.41) is 0. The van der Waals surface area contributed by atoms with Gasteiger partial charge < -0.3 is 5.73 Å². The van der Waals surface area contributed by atoms with Gasteiger partial charge in [-0.2, -0.15) is 0 Å². The van der Waals surface area contributed by atoms with Crippen LogP contribution in [0.15, 0.2) is 0 Å². The zero-order valence-electron chi connectivity index (χ0n) is 14.2. The summed E-state index contributed by atoms with van der Waals surface area (Å²) in [5.41, 5.74) is 7.15. The van der Waals surface area contributed by atoms with Crippen molar-refractivity contribution in [2.24, 2.45) is 11.1 Å². The summed E-state index contributed by atoms with van der Waals surface area (Å²) in [6, 6.07) is 0.812. The van der Waals surface area contributed by atoms with E-state index in [0.717, 1.165) is 12.6 Å². The fourth-order valence-electron chi connectivity index (χ4n) is 4.94. The minimum Gasteiger partial charge on any atom is -0.329 e. The van der Waals surface area contributed by atoms with Gasteiger partial charge in [-0.15, -0.1) is 0 Å². The molecule has 3 nitrogen and oxygen atoms in total. The van der Waals surface area contributed by atoms with E-state index >= 15 is 0 Å². The van der Waals surface area contributed by atoms with E-state index < -0.39 is 0 Å². The maximum atomic E-state index is 6.32. The summed E-state index contributed by atoms with van der Waals surface area (Å²) in [5.74, 6) is 0. The molecule has 0 aromatic heterocycles. The molecule has 0 aromatic rings. The van der Waals surface area contributed by atoms with Crippen molar-refractivity contribution in [3.05, 3.63) is 0 Å². The van der Waals surface area contributed by atoms with Crippen molar-refractivity contribution in [3.63, 3.8) is 0 Å². The van der Waals surface area contributed by atoms with Crippen molar-refractivity contribution < 1.29 is 0 Å². The summed E-state index contributed by atoms with van der Waals surface area (Å²) in [6.07, 6.45) is 10.9. The van der Waals surface area contributed by atoms with Gasteiger partial charge in [0, 0.05) is 31.2 Å². The van der Waals surface area contributed by atoms with E-state index in [1.165, 1.54) is 77.5 Å². The minimum atomic E-state index is 0.308. The molecule has 3 aliphatic rings. The predicted octanol–water partition coefficient (Wildman–Crippen LogP) is 2.84. The molecule has 2 aliphatic heterocycles. The Kier molecular flexibility index (Phi) is 4.63. The Balaban J connectivity index is 1.65. The van der Waals surface area contributed by atoms with Crippen LogP contribution in [0.3, 0.4) is 0 Å². The first-order valence-electron chi connectivity index (χ1n) is 9.24. The highest BCUT2D eigenvalue weighted by atomic mass is 15.3. The Hall–Kier alpha value is -0.120. The molecule has 2 unspecified atom stereocenters. The second kappa shape index (κ2) is 6.17. The van der Waals surface area contributed by atoms with Crippen LogP contribution in [0.25, 0.3) is 0 Å². The third-order valence-electron chi connectivity index (χ3n) is 6.63. The molecule has 21 heavy (non-hydrogen) atoms. The van der Waals surface area contributed by atoms with Gasteiger partial charge in [-0.3, -0.25) is 9.80 Å². The lowest BCUT2D eigenvalue weighted by atomic mass is 9.83. The van der Waals surface area contributed by atoms with E-state index in [9.17, 15) is 0 Å². The van der Waals surface area contributed by atoms with E-state index in [0.29, 0.717) is 11.0 Å². The minimum absolute atomic E-state index is 0.308. The van der Waals surface area contributed by atoms with Crippen LogP contribution < -0.4 is 5.73 Å². The molecule has 3 fully saturated rings. The predicted molar refractivity (Wildman–Crippen MR) is 89.4 cm³/mol. The summed E-state index contributed by atoms with van der Waals surface area (Å²) in [6.45, 7) is 11.0. The highest BCUT2D eigenvalue weighted by molar-refractivity contribution is 5.00. The third kappa shape index (κ3) is 3.30. The Bertz CT molecular complexity index is 348. The molecule has 1 saturated carbocycles. The molecular weight excluding hydrogens is 258 g/mol. The van der Waals surface area contributed by atoms with Crippen LogP contribution >= 0.6 is 0 Å². The number of rotatable bonds is 3. The molecule has 0 amide bonds. The van der Waals surface area contributed by atoms with Gasteiger partial charge in [-0.25, -0.2) is 0 Å². The Morgan fingerprint density at radius 3 is 2.43 bits per heavy atom. The van der Waals surface area contributed by atoms with Crippen molar-refractivity contribution in [1.29, 1.82) is 0 Å². The molecule has 2 atom stereocenters. The van der Waals surface area contributed by atoms with Gasteiger partial charge in [-0.1, -0.05) is 20.3 Å². The molecule has 0 spiro atoms. The van der Waals surface area contributed by atoms with E-state index in [4.69, 9.17) is 5.73 Å². The topological polar surface area (TPSA) is 32.5 Å². The van der Waals surface area contributed by atoms with Crippen LogP contribution in [-0.2, 0) is 0 Å². The van der Waals surface area contributed by atoms with Crippen molar-refractivity contribution >= 4 is 0 Å². The molecule has 1 aliphatic carbocycles. The van der Waals surface area contributed by atoms with Gasteiger partial charge in [-0.05, 0) is 63.5 Å². The van der Waals surface area contributed by atoms with Gasteiger partial charge in [0.1, 0.15) is 0 Å². The summed E-state index contributed by atoms with van der Waals surface area (Å²) in [7, 11) is 0. The Morgan fingerprint density at radius 2 is 1.71 bits per heavy atom. The molecule has 0 radical (unpaired) electrons. The molecule has 2 heterocycles. The smallest absolute Gasteiger partial charge is 0.0332 e. The average Bonchev–Trinajstić information content (AvgIpc) is 3.10. The lowest BCUT2D eigenvalue weighted by Crippen LogP contribution is -2.53. The highest BCUT2D eigenvalue weighted by Crippen LogP contribution is 2.41. The summed E-state index contributed by atoms with van der Waals surface area (Å²) >= 11 is 0. The van der Waals surface area contributed by atoms with Crippen LogP contribution in [0.2, 0.25) is 0 Å². The van der Waals surface area contributed by atoms with Crippen LogP contribution in [0.1, 0.15) is 65.2 Å². The maximum absolute atomic E-state index is 6.32. The van der Waals surface area contributed by atoms with Crippen molar-refractivity contribution in [3.8, 4) is 0 Å². The largest absolute Gasteiger partial charge is 0.329 e. The van der Waals surface area contributed by atoms with Gasteiger partial charge in [0.05, 0.1) is 0 Å². The van der Waals surface area contributed by atoms with Crippen LogP contribution in [0.5, 0.6) is 0 Å². The molecule has 3 heteroatoms. The van der Waals surface area contributed by atoms with Crippen LogP contribution in [0.4, 0.5) is 0 Å². The quantitative estimate of drug-likeness (QED) is 0.812. The van der Waals surface area contributed by atoms with E-state index in [1.54, 1.807) is 0 Å². The van der Waals surface area contributed by atoms with Gasteiger partial charge >= 0.3 is 0 Å². The number of nitrogens with zero attached hydrogens (tertiary/aromatic N) is 2. The fourth-order valence-corrected chi connectivity index (χ4v) is 4.94. The van der Waals surface area contributed by atoms with E-state index in [2.05, 4.69) is 23.6 Å². The SMILES string of the molecule is CC1(C)CCCC(CN)(N2CCC(N3CCCC3)C2)CC1. The first kappa shape index (κ1) is 15.8. The van der Waals surface area contributed by atoms with E-state index in [-0.39, 0.29) is 0 Å². The van der Waals surface area contributed by atoms with Crippen molar-refractivity contribution in [2.45, 2.75) is 76.8 Å². The molecule has 2 N–H and O–H groups in total. The standard InChI is InChI=1S/C18H35N3/c1-17(2)7-5-8-18(15-19,10-9-17)21-13-6-16(14-21)20-11-3-4-12-20/h16H,3-15,19H2,1-2H3. The monoisotopic (exact) mass is 293 g/mol. The normalized spacial score (nSPS) is 38.7. The summed E-state index contributed by atoms with van der Waals surface area (Å²) < 4.78 is 0. The molecular formula is C18H35N3.